The minimum absolute atomic E-state index is 0.00313. The molecule has 3 N–H and O–H groups in total. The molecule has 3 fully saturated rings. The fraction of sp³-hybridized carbons (Fsp3) is 0.682. The average Bonchev–Trinajstić information content (AvgIpc) is 2.93. The van der Waals surface area contributed by atoms with Crippen LogP contribution in [0.25, 0.3) is 0 Å². The van der Waals surface area contributed by atoms with Crippen molar-refractivity contribution in [2.75, 3.05) is 37.7 Å². The lowest BCUT2D eigenvalue weighted by Crippen LogP contribution is -3.16. The number of urea groups is 1. The first-order valence-corrected chi connectivity index (χ1v) is 11.0. The molecular formula is C22H35N5O2+2. The smallest absolute Gasteiger partial charge is 0.329 e. The molecule has 2 aliphatic heterocycles. The van der Waals surface area contributed by atoms with Crippen LogP contribution in [0.5, 0.6) is 0 Å². The van der Waals surface area contributed by atoms with E-state index >= 15 is 0 Å². The van der Waals surface area contributed by atoms with Crippen molar-refractivity contribution in [1.29, 1.82) is 0 Å². The van der Waals surface area contributed by atoms with Gasteiger partial charge in [-0.3, -0.25) is 4.79 Å². The van der Waals surface area contributed by atoms with Crippen LogP contribution in [-0.2, 0) is 4.79 Å². The average molecular weight is 402 g/mol. The zero-order valence-electron chi connectivity index (χ0n) is 18.0. The highest BCUT2D eigenvalue weighted by atomic mass is 16.2. The van der Waals surface area contributed by atoms with Gasteiger partial charge in [0.25, 0.3) is 5.91 Å². The third-order valence-corrected chi connectivity index (χ3v) is 7.23. The molecule has 4 rings (SSSR count). The van der Waals surface area contributed by atoms with Crippen LogP contribution >= 0.6 is 0 Å². The van der Waals surface area contributed by atoms with Crippen molar-refractivity contribution in [2.24, 2.45) is 11.3 Å². The Bertz CT molecular complexity index is 744. The highest BCUT2D eigenvalue weighted by Crippen LogP contribution is 2.43. The summed E-state index contributed by atoms with van der Waals surface area (Å²) in [6, 6.07) is 3.97. The van der Waals surface area contributed by atoms with E-state index < -0.39 is 5.54 Å². The largest absolute Gasteiger partial charge is 0.360 e. The van der Waals surface area contributed by atoms with Crippen molar-refractivity contribution < 1.29 is 19.5 Å². The lowest BCUT2D eigenvalue weighted by Gasteiger charge is -2.40. The zero-order chi connectivity index (χ0) is 20.6. The van der Waals surface area contributed by atoms with E-state index in [2.05, 4.69) is 48.1 Å². The Kier molecular flexibility index (Phi) is 5.27. The number of nitrogens with one attached hydrogen (secondary N) is 3. The molecule has 158 valence electrons. The van der Waals surface area contributed by atoms with Gasteiger partial charge in [-0.05, 0) is 37.0 Å². The Hall–Kier alpha value is -2.15. The van der Waals surface area contributed by atoms with E-state index in [1.54, 1.807) is 0 Å². The minimum Gasteiger partial charge on any atom is -0.360 e. The number of pyridine rings is 1. The Balaban J connectivity index is 1.34. The van der Waals surface area contributed by atoms with Crippen molar-refractivity contribution in [2.45, 2.75) is 52.0 Å². The SMILES string of the molecule is CC(C)(C)C1CCC2(CC1)NC(=O)N(C[NH+]1CCN(c3cc[nH+]cc3)CC1)C2=O. The van der Waals surface area contributed by atoms with Crippen molar-refractivity contribution in [3.8, 4) is 0 Å². The summed E-state index contributed by atoms with van der Waals surface area (Å²) in [7, 11) is 0. The Labute approximate surface area is 173 Å². The van der Waals surface area contributed by atoms with E-state index in [1.807, 2.05) is 12.4 Å². The molecule has 3 heterocycles. The fourth-order valence-electron chi connectivity index (χ4n) is 5.19. The molecule has 0 bridgehead atoms. The van der Waals surface area contributed by atoms with Gasteiger partial charge in [-0.15, -0.1) is 0 Å². The van der Waals surface area contributed by atoms with Gasteiger partial charge in [-0.25, -0.2) is 14.7 Å². The standard InChI is InChI=1S/C22H33N5O2/c1-21(2,3)17-4-8-22(9-5-17)19(28)27(20(29)24-22)16-25-12-14-26(15-13-25)18-6-10-23-11-7-18/h6-7,10-11,17H,4-5,8-9,12-16H2,1-3H3,(H,24,29)/p+2. The first kappa shape index (κ1) is 20.1. The number of quaternary nitrogens is 1. The number of hydrogen-bond donors (Lipinski definition) is 2. The molecule has 1 spiro atoms. The predicted octanol–water partition coefficient (Wildman–Crippen LogP) is 0.690. The van der Waals surface area contributed by atoms with E-state index in [1.165, 1.54) is 15.5 Å². The normalized spacial score (nSPS) is 28.9. The number of amides is 3. The molecule has 1 aromatic heterocycles. The second-order valence-electron chi connectivity index (χ2n) is 10.0. The number of aromatic nitrogens is 1. The number of aromatic amines is 1. The highest BCUT2D eigenvalue weighted by Gasteiger charge is 2.54. The van der Waals surface area contributed by atoms with Gasteiger partial charge in [0.1, 0.15) is 5.54 Å². The van der Waals surface area contributed by atoms with Gasteiger partial charge in [0.2, 0.25) is 0 Å². The molecule has 1 saturated carbocycles. The summed E-state index contributed by atoms with van der Waals surface area (Å²) in [6.45, 7) is 11.0. The summed E-state index contributed by atoms with van der Waals surface area (Å²) in [4.78, 5) is 34.1. The summed E-state index contributed by atoms with van der Waals surface area (Å²) in [5.41, 5.74) is 0.820. The Morgan fingerprint density at radius 2 is 1.76 bits per heavy atom. The van der Waals surface area contributed by atoms with Crippen LogP contribution in [0.2, 0.25) is 0 Å². The number of imide groups is 1. The van der Waals surface area contributed by atoms with Crippen LogP contribution < -0.4 is 20.1 Å². The van der Waals surface area contributed by atoms with Gasteiger partial charge in [-0.1, -0.05) is 20.8 Å². The van der Waals surface area contributed by atoms with Gasteiger partial charge in [-0.2, -0.15) is 0 Å². The summed E-state index contributed by atoms with van der Waals surface area (Å²) in [5, 5.41) is 3.08. The molecule has 1 aromatic rings. The molecule has 7 nitrogen and oxygen atoms in total. The molecular weight excluding hydrogens is 366 g/mol. The van der Waals surface area contributed by atoms with Crippen molar-refractivity contribution in [3.05, 3.63) is 24.5 Å². The van der Waals surface area contributed by atoms with Gasteiger partial charge >= 0.3 is 6.03 Å². The summed E-state index contributed by atoms with van der Waals surface area (Å²) < 4.78 is 0. The molecule has 7 heteroatoms. The molecule has 3 amide bonds. The fourth-order valence-corrected chi connectivity index (χ4v) is 5.19. The molecule has 0 atom stereocenters. The summed E-state index contributed by atoms with van der Waals surface area (Å²) >= 11 is 0. The number of nitrogens with zero attached hydrogens (tertiary/aromatic N) is 2. The number of carbonyl (C=O) groups is 2. The van der Waals surface area contributed by atoms with Crippen LogP contribution in [-0.4, -0.2) is 55.2 Å². The Morgan fingerprint density at radius 1 is 1.14 bits per heavy atom. The third kappa shape index (κ3) is 3.97. The molecule has 0 unspecified atom stereocenters. The Morgan fingerprint density at radius 3 is 2.34 bits per heavy atom. The van der Waals surface area contributed by atoms with Gasteiger partial charge in [0, 0.05) is 17.8 Å². The second kappa shape index (κ2) is 7.59. The number of rotatable bonds is 3. The van der Waals surface area contributed by atoms with E-state index in [0.29, 0.717) is 12.6 Å². The minimum atomic E-state index is -0.652. The van der Waals surface area contributed by atoms with Crippen LogP contribution in [0.15, 0.2) is 24.5 Å². The maximum atomic E-state index is 13.2. The van der Waals surface area contributed by atoms with E-state index in [0.717, 1.165) is 51.9 Å². The molecule has 2 saturated heterocycles. The monoisotopic (exact) mass is 401 g/mol. The van der Waals surface area contributed by atoms with E-state index in [-0.39, 0.29) is 17.4 Å². The summed E-state index contributed by atoms with van der Waals surface area (Å²) in [6.07, 6.45) is 7.42. The number of piperazine rings is 1. The van der Waals surface area contributed by atoms with Gasteiger partial charge < -0.3 is 15.1 Å². The molecule has 0 aromatic carbocycles. The van der Waals surface area contributed by atoms with Gasteiger partial charge in [0.15, 0.2) is 19.1 Å². The highest BCUT2D eigenvalue weighted by molar-refractivity contribution is 6.06. The number of H-pyrrole nitrogens is 1. The van der Waals surface area contributed by atoms with Crippen LogP contribution in [0.1, 0.15) is 46.5 Å². The first-order valence-electron chi connectivity index (χ1n) is 11.0. The first-order chi connectivity index (χ1) is 13.8. The third-order valence-electron chi connectivity index (χ3n) is 7.23. The maximum Gasteiger partial charge on any atom is 0.329 e. The maximum absolute atomic E-state index is 13.2. The van der Waals surface area contributed by atoms with E-state index in [9.17, 15) is 9.59 Å². The predicted molar refractivity (Wildman–Crippen MR) is 110 cm³/mol. The molecule has 3 aliphatic rings. The number of carbonyl (C=O) groups excluding carboxylic acids is 2. The van der Waals surface area contributed by atoms with Crippen LogP contribution in [0.3, 0.4) is 0 Å². The molecule has 1 aliphatic carbocycles. The van der Waals surface area contributed by atoms with Crippen molar-refractivity contribution >= 4 is 17.6 Å². The number of hydrogen-bond acceptors (Lipinski definition) is 3. The van der Waals surface area contributed by atoms with Crippen LogP contribution in [0, 0.1) is 11.3 Å². The summed E-state index contributed by atoms with van der Waals surface area (Å²) in [5.74, 6) is 0.615. The molecule has 0 radical (unpaired) electrons. The second-order valence-corrected chi connectivity index (χ2v) is 10.0. The van der Waals surface area contributed by atoms with Crippen molar-refractivity contribution in [1.82, 2.24) is 10.2 Å². The number of anilines is 1. The topological polar surface area (TPSA) is 71.2 Å². The zero-order valence-corrected chi connectivity index (χ0v) is 18.0. The quantitative estimate of drug-likeness (QED) is 0.732. The molecule has 29 heavy (non-hydrogen) atoms. The lowest BCUT2D eigenvalue weighted by atomic mass is 9.67. The van der Waals surface area contributed by atoms with Gasteiger partial charge in [0.05, 0.1) is 26.2 Å². The van der Waals surface area contributed by atoms with Crippen molar-refractivity contribution in [3.63, 3.8) is 0 Å². The van der Waals surface area contributed by atoms with Crippen LogP contribution in [0.4, 0.5) is 10.5 Å². The lowest BCUT2D eigenvalue weighted by molar-refractivity contribution is -0.907. The van der Waals surface area contributed by atoms with E-state index in [4.69, 9.17) is 0 Å².